The number of carbonyl (C=O) groups excluding carboxylic acids is 2. The van der Waals surface area contributed by atoms with Crippen LogP contribution in [0.15, 0.2) is 85.3 Å². The molecule has 2 aromatic heterocycles. The van der Waals surface area contributed by atoms with Crippen LogP contribution in [0.5, 0.6) is 0 Å². The van der Waals surface area contributed by atoms with Crippen LogP contribution in [0.4, 0.5) is 10.1 Å². The fourth-order valence-electron chi connectivity index (χ4n) is 4.47. The lowest BCUT2D eigenvalue weighted by Crippen LogP contribution is -2.31. The molecule has 2 heterocycles. The third kappa shape index (κ3) is 6.51. The van der Waals surface area contributed by atoms with Gasteiger partial charge in [0.1, 0.15) is 5.82 Å². The molecule has 3 aromatic carbocycles. The summed E-state index contributed by atoms with van der Waals surface area (Å²) in [5, 5.41) is 12.9. The highest BCUT2D eigenvalue weighted by Gasteiger charge is 2.21. The SMILES string of the molecule is CCCCNC(=O)c1cc2cc(N(Cc3cncn3Cc3ccc(C#N)cc3)C(=O)c3ccc(F)cc3)ccc2s1. The molecule has 5 rings (SSSR count). The van der Waals surface area contributed by atoms with E-state index in [2.05, 4.69) is 23.3 Å². The van der Waals surface area contributed by atoms with Crippen molar-refractivity contribution in [2.45, 2.75) is 32.9 Å². The van der Waals surface area contributed by atoms with Crippen molar-refractivity contribution < 1.29 is 14.0 Å². The van der Waals surface area contributed by atoms with Crippen LogP contribution in [0.2, 0.25) is 0 Å². The molecule has 0 aliphatic rings. The number of anilines is 1. The monoisotopic (exact) mass is 565 g/mol. The molecule has 9 heteroatoms. The third-order valence-corrected chi connectivity index (χ3v) is 7.86. The zero-order valence-corrected chi connectivity index (χ0v) is 23.3. The van der Waals surface area contributed by atoms with Gasteiger partial charge in [-0.25, -0.2) is 9.37 Å². The smallest absolute Gasteiger partial charge is 0.261 e. The molecule has 0 saturated heterocycles. The number of rotatable bonds is 10. The van der Waals surface area contributed by atoms with Gasteiger partial charge >= 0.3 is 0 Å². The van der Waals surface area contributed by atoms with E-state index >= 15 is 0 Å². The highest BCUT2D eigenvalue weighted by molar-refractivity contribution is 7.20. The van der Waals surface area contributed by atoms with E-state index in [1.165, 1.54) is 35.6 Å². The number of amides is 2. The third-order valence-electron chi connectivity index (χ3n) is 6.74. The average Bonchev–Trinajstić information content (AvgIpc) is 3.62. The topological polar surface area (TPSA) is 91.0 Å². The first-order valence-corrected chi connectivity index (χ1v) is 14.1. The number of hydrogen-bond acceptors (Lipinski definition) is 5. The van der Waals surface area contributed by atoms with Crippen LogP contribution in [0.1, 0.15) is 56.6 Å². The van der Waals surface area contributed by atoms with Crippen molar-refractivity contribution in [3.63, 3.8) is 0 Å². The predicted octanol–water partition coefficient (Wildman–Crippen LogP) is 6.53. The number of nitrogens with one attached hydrogen (secondary N) is 1. The van der Waals surface area contributed by atoms with Crippen LogP contribution in [0.25, 0.3) is 10.1 Å². The summed E-state index contributed by atoms with van der Waals surface area (Å²) < 4.78 is 16.5. The predicted molar refractivity (Wildman–Crippen MR) is 158 cm³/mol. The normalized spacial score (nSPS) is 10.9. The Morgan fingerprint density at radius 2 is 1.85 bits per heavy atom. The van der Waals surface area contributed by atoms with Crippen molar-refractivity contribution >= 4 is 38.9 Å². The Morgan fingerprint density at radius 1 is 1.07 bits per heavy atom. The van der Waals surface area contributed by atoms with Crippen LogP contribution < -0.4 is 10.2 Å². The molecular weight excluding hydrogens is 537 g/mol. The lowest BCUT2D eigenvalue weighted by molar-refractivity contribution is 0.0955. The number of carbonyl (C=O) groups is 2. The Bertz CT molecular complexity index is 1720. The first kappa shape index (κ1) is 27.7. The Labute approximate surface area is 241 Å². The Balaban J connectivity index is 1.46. The van der Waals surface area contributed by atoms with Crippen LogP contribution in [-0.4, -0.2) is 27.9 Å². The quantitative estimate of drug-likeness (QED) is 0.195. The van der Waals surface area contributed by atoms with Crippen molar-refractivity contribution in [2.24, 2.45) is 0 Å². The van der Waals surface area contributed by atoms with Gasteiger partial charge in [-0.05, 0) is 78.0 Å². The van der Waals surface area contributed by atoms with Gasteiger partial charge in [-0.3, -0.25) is 9.59 Å². The van der Waals surface area contributed by atoms with Crippen molar-refractivity contribution in [3.05, 3.63) is 118 Å². The highest BCUT2D eigenvalue weighted by atomic mass is 32.1. The molecule has 0 spiro atoms. The molecule has 0 radical (unpaired) electrons. The molecule has 2 amide bonds. The van der Waals surface area contributed by atoms with Crippen LogP contribution in [0.3, 0.4) is 0 Å². The zero-order valence-electron chi connectivity index (χ0n) is 22.5. The molecule has 0 aliphatic heterocycles. The number of unbranched alkanes of at least 4 members (excludes halogenated alkanes) is 1. The number of thiophene rings is 1. The summed E-state index contributed by atoms with van der Waals surface area (Å²) in [5.74, 6) is -0.812. The van der Waals surface area contributed by atoms with E-state index in [9.17, 15) is 14.0 Å². The minimum absolute atomic E-state index is 0.104. The first-order chi connectivity index (χ1) is 19.9. The van der Waals surface area contributed by atoms with E-state index in [1.807, 2.05) is 41.0 Å². The van der Waals surface area contributed by atoms with Gasteiger partial charge in [0.25, 0.3) is 11.8 Å². The first-order valence-electron chi connectivity index (χ1n) is 13.3. The standard InChI is InChI=1S/C32H28FN5O2S/c1-2-3-14-36-31(39)30-16-25-15-27(12-13-29(25)41-30)38(32(40)24-8-10-26(33)11-9-24)20-28-18-35-21-37(28)19-23-6-4-22(17-34)5-7-23/h4-13,15-16,18,21H,2-3,14,19-20H2,1H3,(H,36,39). The summed E-state index contributed by atoms with van der Waals surface area (Å²) in [7, 11) is 0. The van der Waals surface area contributed by atoms with E-state index in [4.69, 9.17) is 5.26 Å². The van der Waals surface area contributed by atoms with Crippen LogP contribution >= 0.6 is 11.3 Å². The van der Waals surface area contributed by atoms with Gasteiger partial charge < -0.3 is 14.8 Å². The van der Waals surface area contributed by atoms with E-state index in [1.54, 1.807) is 29.6 Å². The van der Waals surface area contributed by atoms with Crippen molar-refractivity contribution in [2.75, 3.05) is 11.4 Å². The highest BCUT2D eigenvalue weighted by Crippen LogP contribution is 2.31. The summed E-state index contributed by atoms with van der Waals surface area (Å²) in [6, 6.07) is 22.5. The second-order valence-electron chi connectivity index (χ2n) is 9.66. The minimum atomic E-state index is -0.418. The van der Waals surface area contributed by atoms with Gasteiger partial charge in [0.05, 0.1) is 35.1 Å². The number of aromatic nitrogens is 2. The maximum atomic E-state index is 13.8. The number of benzene rings is 3. The largest absolute Gasteiger partial charge is 0.351 e. The molecule has 0 fully saturated rings. The number of nitriles is 1. The maximum absolute atomic E-state index is 13.8. The van der Waals surface area contributed by atoms with Gasteiger partial charge in [-0.1, -0.05) is 25.5 Å². The molecule has 0 bridgehead atoms. The number of hydrogen-bond donors (Lipinski definition) is 1. The molecule has 0 atom stereocenters. The fourth-order valence-corrected chi connectivity index (χ4v) is 5.43. The van der Waals surface area contributed by atoms with E-state index in [-0.39, 0.29) is 18.4 Å². The molecule has 0 aliphatic carbocycles. The van der Waals surface area contributed by atoms with Crippen molar-refractivity contribution in [3.8, 4) is 6.07 Å². The second kappa shape index (κ2) is 12.6. The number of nitrogens with zero attached hydrogens (tertiary/aromatic N) is 4. The van der Waals surface area contributed by atoms with Crippen LogP contribution in [0, 0.1) is 17.1 Å². The van der Waals surface area contributed by atoms with Gasteiger partial charge in [-0.15, -0.1) is 11.3 Å². The Morgan fingerprint density at radius 3 is 2.59 bits per heavy atom. The summed E-state index contributed by atoms with van der Waals surface area (Å²) in [6.45, 7) is 3.43. The Kier molecular flexibility index (Phi) is 8.51. The molecular formula is C32H28FN5O2S. The average molecular weight is 566 g/mol. The number of imidazole rings is 1. The molecule has 206 valence electrons. The second-order valence-corrected chi connectivity index (χ2v) is 10.7. The molecule has 0 unspecified atom stereocenters. The van der Waals surface area contributed by atoms with Crippen molar-refractivity contribution in [1.82, 2.24) is 14.9 Å². The molecule has 0 saturated carbocycles. The molecule has 5 aromatic rings. The lowest BCUT2D eigenvalue weighted by Gasteiger charge is -2.24. The number of fused-ring (bicyclic) bond motifs is 1. The summed E-state index contributed by atoms with van der Waals surface area (Å²) in [6.07, 6.45) is 5.35. The summed E-state index contributed by atoms with van der Waals surface area (Å²) in [4.78, 5) is 33.0. The summed E-state index contributed by atoms with van der Waals surface area (Å²) >= 11 is 1.41. The molecule has 1 N–H and O–H groups in total. The van der Waals surface area contributed by atoms with Gasteiger partial charge in [-0.2, -0.15) is 5.26 Å². The van der Waals surface area contributed by atoms with Crippen molar-refractivity contribution in [1.29, 1.82) is 5.26 Å². The maximum Gasteiger partial charge on any atom is 0.261 e. The zero-order chi connectivity index (χ0) is 28.8. The van der Waals surface area contributed by atoms with E-state index in [0.717, 1.165) is 34.2 Å². The van der Waals surface area contributed by atoms with Crippen LogP contribution in [-0.2, 0) is 13.1 Å². The van der Waals surface area contributed by atoms with Gasteiger partial charge in [0.2, 0.25) is 0 Å². The van der Waals surface area contributed by atoms with Gasteiger partial charge in [0, 0.05) is 35.2 Å². The Hall–Kier alpha value is -4.81. The van der Waals surface area contributed by atoms with E-state index < -0.39 is 5.82 Å². The fraction of sp³-hybridized carbons (Fsp3) is 0.188. The van der Waals surface area contributed by atoms with Gasteiger partial charge in [0.15, 0.2) is 0 Å². The molecule has 41 heavy (non-hydrogen) atoms. The minimum Gasteiger partial charge on any atom is -0.351 e. The number of halogens is 1. The van der Waals surface area contributed by atoms with E-state index in [0.29, 0.717) is 34.8 Å². The molecule has 7 nitrogen and oxygen atoms in total. The summed E-state index contributed by atoms with van der Waals surface area (Å²) in [5.41, 5.74) is 3.37. The lowest BCUT2D eigenvalue weighted by atomic mass is 10.1.